The summed E-state index contributed by atoms with van der Waals surface area (Å²) in [5, 5.41) is 10.3. The van der Waals surface area contributed by atoms with Crippen LogP contribution in [0.3, 0.4) is 0 Å². The molecule has 0 aliphatic rings. The van der Waals surface area contributed by atoms with Gasteiger partial charge in [-0.25, -0.2) is 4.39 Å². The summed E-state index contributed by atoms with van der Waals surface area (Å²) in [5.41, 5.74) is 5.12. The molecule has 0 amide bonds. The Morgan fingerprint density at radius 3 is 2.69 bits per heavy atom. The molecule has 0 radical (unpaired) electrons. The molecular formula is C7H7FN2O2S. The van der Waals surface area contributed by atoms with Crippen LogP contribution in [0.1, 0.15) is 5.56 Å². The quantitative estimate of drug-likeness (QED) is 0.332. The first-order valence-electron chi connectivity index (χ1n) is 3.39. The molecule has 0 heterocycles. The smallest absolute Gasteiger partial charge is 0.295 e. The molecule has 0 unspecified atom stereocenters. The molecule has 70 valence electrons. The molecule has 0 bridgehead atoms. The highest BCUT2D eigenvalue weighted by Gasteiger charge is 2.15. The number of thiol groups is 1. The Balaban J connectivity index is 3.28. The van der Waals surface area contributed by atoms with Gasteiger partial charge in [-0.1, -0.05) is 0 Å². The molecule has 1 rings (SSSR count). The van der Waals surface area contributed by atoms with Gasteiger partial charge in [0, 0.05) is 11.3 Å². The number of anilines is 1. The van der Waals surface area contributed by atoms with Gasteiger partial charge in [0.25, 0.3) is 5.69 Å². The highest BCUT2D eigenvalue weighted by atomic mass is 32.1. The van der Waals surface area contributed by atoms with Crippen molar-refractivity contribution >= 4 is 24.0 Å². The number of nitro benzene ring substituents is 1. The average molecular weight is 202 g/mol. The van der Waals surface area contributed by atoms with E-state index in [2.05, 4.69) is 12.6 Å². The molecule has 1 aromatic carbocycles. The van der Waals surface area contributed by atoms with Gasteiger partial charge in [-0.3, -0.25) is 10.1 Å². The zero-order valence-corrected chi connectivity index (χ0v) is 7.42. The van der Waals surface area contributed by atoms with Crippen LogP contribution in [0.2, 0.25) is 0 Å². The van der Waals surface area contributed by atoms with E-state index in [1.165, 1.54) is 6.07 Å². The Hall–Kier alpha value is -1.30. The molecule has 6 heteroatoms. The lowest BCUT2D eigenvalue weighted by atomic mass is 10.2. The summed E-state index contributed by atoms with van der Waals surface area (Å²) < 4.78 is 13.0. The van der Waals surface area contributed by atoms with Crippen LogP contribution in [-0.2, 0) is 5.75 Å². The van der Waals surface area contributed by atoms with Crippen LogP contribution in [-0.4, -0.2) is 4.92 Å². The number of nitrogens with zero attached hydrogens (tertiary/aromatic N) is 1. The van der Waals surface area contributed by atoms with Crippen molar-refractivity contribution in [2.45, 2.75) is 5.75 Å². The second-order valence-corrected chi connectivity index (χ2v) is 2.73. The predicted octanol–water partition coefficient (Wildman–Crippen LogP) is 1.75. The second kappa shape index (κ2) is 3.61. The maximum atomic E-state index is 13.0. The van der Waals surface area contributed by atoms with E-state index in [4.69, 9.17) is 5.73 Å². The minimum atomic E-state index is -0.722. The number of nitrogens with two attached hydrogens (primary N) is 1. The van der Waals surface area contributed by atoms with Crippen molar-refractivity contribution < 1.29 is 9.31 Å². The summed E-state index contributed by atoms with van der Waals surface area (Å²) in [6.07, 6.45) is 0. The van der Waals surface area contributed by atoms with Gasteiger partial charge in [0.15, 0.2) is 0 Å². The third kappa shape index (κ3) is 1.89. The van der Waals surface area contributed by atoms with E-state index >= 15 is 0 Å². The molecule has 0 fully saturated rings. The van der Waals surface area contributed by atoms with Crippen molar-refractivity contribution in [3.05, 3.63) is 33.6 Å². The van der Waals surface area contributed by atoms with Gasteiger partial charge in [-0.05, 0) is 6.07 Å². The molecule has 0 saturated heterocycles. The molecule has 4 nitrogen and oxygen atoms in total. The Kier molecular flexibility index (Phi) is 2.72. The molecular weight excluding hydrogens is 195 g/mol. The highest BCUT2D eigenvalue weighted by molar-refractivity contribution is 7.79. The summed E-state index contributed by atoms with van der Waals surface area (Å²) in [5.74, 6) is -0.496. The molecule has 2 N–H and O–H groups in total. The van der Waals surface area contributed by atoms with Crippen molar-refractivity contribution in [3.63, 3.8) is 0 Å². The minimum Gasteiger partial charge on any atom is -0.393 e. The molecule has 0 aromatic heterocycles. The van der Waals surface area contributed by atoms with Crippen LogP contribution < -0.4 is 5.73 Å². The third-order valence-corrected chi connectivity index (χ3v) is 1.90. The first-order valence-corrected chi connectivity index (χ1v) is 4.02. The number of benzene rings is 1. The van der Waals surface area contributed by atoms with E-state index in [9.17, 15) is 14.5 Å². The molecule has 13 heavy (non-hydrogen) atoms. The molecule has 0 aliphatic carbocycles. The summed E-state index contributed by atoms with van der Waals surface area (Å²) in [6, 6.07) is 2.03. The SMILES string of the molecule is Nc1cc(CS)c(F)cc1[N+](=O)[O-]. The summed E-state index contributed by atoms with van der Waals surface area (Å²) in [4.78, 5) is 9.59. The van der Waals surface area contributed by atoms with Crippen molar-refractivity contribution in [2.75, 3.05) is 5.73 Å². The monoisotopic (exact) mass is 202 g/mol. The normalized spacial score (nSPS) is 10.0. The van der Waals surface area contributed by atoms with Crippen molar-refractivity contribution in [2.24, 2.45) is 0 Å². The first-order chi connectivity index (χ1) is 6.06. The van der Waals surface area contributed by atoms with Crippen molar-refractivity contribution in [3.8, 4) is 0 Å². The lowest BCUT2D eigenvalue weighted by Crippen LogP contribution is -1.98. The zero-order chi connectivity index (χ0) is 10.0. The minimum absolute atomic E-state index is 0.0459. The topological polar surface area (TPSA) is 69.2 Å². The fourth-order valence-corrected chi connectivity index (χ4v) is 1.15. The van der Waals surface area contributed by atoms with E-state index in [0.29, 0.717) is 0 Å². The third-order valence-electron chi connectivity index (χ3n) is 1.56. The molecule has 0 spiro atoms. The molecule has 0 aliphatic heterocycles. The van der Waals surface area contributed by atoms with E-state index < -0.39 is 16.4 Å². The molecule has 0 saturated carbocycles. The maximum Gasteiger partial charge on any atom is 0.295 e. The van der Waals surface area contributed by atoms with Gasteiger partial charge in [-0.15, -0.1) is 0 Å². The number of nitrogen functional groups attached to an aromatic ring is 1. The summed E-state index contributed by atoms with van der Waals surface area (Å²) in [6.45, 7) is 0. The molecule has 0 atom stereocenters. The predicted molar refractivity (Wildman–Crippen MR) is 50.2 cm³/mol. The lowest BCUT2D eigenvalue weighted by molar-refractivity contribution is -0.384. The zero-order valence-electron chi connectivity index (χ0n) is 6.53. The Morgan fingerprint density at radius 2 is 2.23 bits per heavy atom. The number of nitro groups is 1. The van der Waals surface area contributed by atoms with E-state index in [-0.39, 0.29) is 17.0 Å². The Morgan fingerprint density at radius 1 is 1.62 bits per heavy atom. The highest BCUT2D eigenvalue weighted by Crippen LogP contribution is 2.25. The van der Waals surface area contributed by atoms with E-state index in [1.807, 2.05) is 0 Å². The summed E-state index contributed by atoms with van der Waals surface area (Å²) >= 11 is 3.85. The van der Waals surface area contributed by atoms with Gasteiger partial charge in [0.2, 0.25) is 0 Å². The van der Waals surface area contributed by atoms with Crippen molar-refractivity contribution in [1.29, 1.82) is 0 Å². The van der Waals surface area contributed by atoms with Crippen LogP contribution >= 0.6 is 12.6 Å². The van der Waals surface area contributed by atoms with Crippen LogP contribution in [0, 0.1) is 15.9 Å². The van der Waals surface area contributed by atoms with Gasteiger partial charge >= 0.3 is 0 Å². The van der Waals surface area contributed by atoms with Crippen LogP contribution in [0.5, 0.6) is 0 Å². The van der Waals surface area contributed by atoms with Gasteiger partial charge in [0.05, 0.1) is 11.0 Å². The van der Waals surface area contributed by atoms with Gasteiger partial charge < -0.3 is 5.73 Å². The van der Waals surface area contributed by atoms with Crippen LogP contribution in [0.4, 0.5) is 15.8 Å². The van der Waals surface area contributed by atoms with Crippen LogP contribution in [0.15, 0.2) is 12.1 Å². The second-order valence-electron chi connectivity index (χ2n) is 2.42. The largest absolute Gasteiger partial charge is 0.393 e. The fraction of sp³-hybridized carbons (Fsp3) is 0.143. The van der Waals surface area contributed by atoms with E-state index in [0.717, 1.165) is 6.07 Å². The van der Waals surface area contributed by atoms with Crippen molar-refractivity contribution in [1.82, 2.24) is 0 Å². The van der Waals surface area contributed by atoms with Gasteiger partial charge in [0.1, 0.15) is 11.5 Å². The Labute approximate surface area is 79.1 Å². The van der Waals surface area contributed by atoms with Gasteiger partial charge in [-0.2, -0.15) is 12.6 Å². The number of hydrogen-bond donors (Lipinski definition) is 2. The first kappa shape index (κ1) is 9.79. The number of rotatable bonds is 2. The number of hydrogen-bond acceptors (Lipinski definition) is 4. The fourth-order valence-electron chi connectivity index (χ4n) is 0.906. The Bertz CT molecular complexity index is 357. The lowest BCUT2D eigenvalue weighted by Gasteiger charge is -2.01. The maximum absolute atomic E-state index is 13.0. The molecule has 1 aromatic rings. The van der Waals surface area contributed by atoms with E-state index in [1.54, 1.807) is 0 Å². The number of halogens is 1. The average Bonchev–Trinajstić information content (AvgIpc) is 2.07. The standard InChI is InChI=1S/C7H7FN2O2S/c8-5-2-7(10(11)12)6(9)1-4(5)3-13/h1-2,13H,3,9H2. The van der Waals surface area contributed by atoms with Crippen LogP contribution in [0.25, 0.3) is 0 Å². The summed E-state index contributed by atoms with van der Waals surface area (Å²) in [7, 11) is 0.